The zero-order valence-corrected chi connectivity index (χ0v) is 9.57. The molecule has 0 fully saturated rings. The molecule has 4 N–H and O–H groups in total. The van der Waals surface area contributed by atoms with Gasteiger partial charge in [0.25, 0.3) is 0 Å². The van der Waals surface area contributed by atoms with Gasteiger partial charge in [-0.25, -0.2) is 4.79 Å². The van der Waals surface area contributed by atoms with Gasteiger partial charge < -0.3 is 25.2 Å². The SMILES string of the molecule is O=C(Oc1cccc(O)c1O)c1ccc(O)c(O)c1. The second-order valence-electron chi connectivity index (χ2n) is 3.72. The third kappa shape index (κ3) is 2.52. The standard InChI is InChI=1S/C13H10O6/c14-8-5-4-7(6-10(8)16)13(18)19-11-3-1-2-9(15)12(11)17/h1-6,14-17H. The van der Waals surface area contributed by atoms with E-state index in [9.17, 15) is 20.1 Å². The normalized spacial score (nSPS) is 10.1. The Kier molecular flexibility index (Phi) is 3.15. The van der Waals surface area contributed by atoms with Crippen molar-refractivity contribution < 1.29 is 30.0 Å². The Hall–Kier alpha value is -2.89. The van der Waals surface area contributed by atoms with Crippen molar-refractivity contribution in [2.75, 3.05) is 0 Å². The van der Waals surface area contributed by atoms with Crippen LogP contribution in [0.5, 0.6) is 28.7 Å². The summed E-state index contributed by atoms with van der Waals surface area (Å²) in [7, 11) is 0. The first-order chi connectivity index (χ1) is 8.99. The number of phenols is 4. The van der Waals surface area contributed by atoms with Crippen LogP contribution >= 0.6 is 0 Å². The molecule has 0 aliphatic carbocycles. The lowest BCUT2D eigenvalue weighted by molar-refractivity contribution is 0.0728. The summed E-state index contributed by atoms with van der Waals surface area (Å²) in [5.74, 6) is -2.86. The van der Waals surface area contributed by atoms with Crippen LogP contribution in [0.25, 0.3) is 0 Å². The van der Waals surface area contributed by atoms with Crippen LogP contribution in [0.1, 0.15) is 10.4 Å². The largest absolute Gasteiger partial charge is 0.504 e. The van der Waals surface area contributed by atoms with E-state index in [1.54, 1.807) is 0 Å². The van der Waals surface area contributed by atoms with Gasteiger partial charge in [-0.1, -0.05) is 6.07 Å². The van der Waals surface area contributed by atoms with E-state index >= 15 is 0 Å². The van der Waals surface area contributed by atoms with Crippen LogP contribution in [0, 0.1) is 0 Å². The predicted molar refractivity (Wildman–Crippen MR) is 64.5 cm³/mol. The van der Waals surface area contributed by atoms with Crippen molar-refractivity contribution in [1.82, 2.24) is 0 Å². The van der Waals surface area contributed by atoms with Crippen LogP contribution in [0.3, 0.4) is 0 Å². The topological polar surface area (TPSA) is 107 Å². The molecule has 6 nitrogen and oxygen atoms in total. The van der Waals surface area contributed by atoms with Crippen LogP contribution in [-0.4, -0.2) is 26.4 Å². The van der Waals surface area contributed by atoms with Crippen molar-refractivity contribution in [2.24, 2.45) is 0 Å². The first-order valence-corrected chi connectivity index (χ1v) is 5.24. The van der Waals surface area contributed by atoms with Crippen molar-refractivity contribution in [3.8, 4) is 28.7 Å². The molecule has 6 heteroatoms. The fourth-order valence-electron chi connectivity index (χ4n) is 1.40. The molecule has 0 saturated heterocycles. The molecule has 0 atom stereocenters. The maximum absolute atomic E-state index is 11.7. The summed E-state index contributed by atoms with van der Waals surface area (Å²) in [6.45, 7) is 0. The molecule has 0 spiro atoms. The van der Waals surface area contributed by atoms with Gasteiger partial charge in [0.1, 0.15) is 0 Å². The Bertz CT molecular complexity index is 635. The number of hydrogen-bond acceptors (Lipinski definition) is 6. The monoisotopic (exact) mass is 262 g/mol. The van der Waals surface area contributed by atoms with Crippen molar-refractivity contribution in [1.29, 1.82) is 0 Å². The van der Waals surface area contributed by atoms with Crippen LogP contribution in [0.2, 0.25) is 0 Å². The summed E-state index contributed by atoms with van der Waals surface area (Å²) >= 11 is 0. The summed E-state index contributed by atoms with van der Waals surface area (Å²) in [6, 6.07) is 7.33. The van der Waals surface area contributed by atoms with Gasteiger partial charge in [-0.2, -0.15) is 0 Å². The zero-order chi connectivity index (χ0) is 14.0. The molecule has 0 radical (unpaired) electrons. The average Bonchev–Trinajstić information content (AvgIpc) is 2.38. The number of hydrogen-bond donors (Lipinski definition) is 4. The smallest absolute Gasteiger partial charge is 0.343 e. The summed E-state index contributed by atoms with van der Waals surface area (Å²) in [5, 5.41) is 37.1. The molecule has 0 amide bonds. The maximum Gasteiger partial charge on any atom is 0.343 e. The molecule has 2 aromatic carbocycles. The van der Waals surface area contributed by atoms with Crippen molar-refractivity contribution >= 4 is 5.97 Å². The molecule has 0 saturated carbocycles. The predicted octanol–water partition coefficient (Wildman–Crippen LogP) is 1.73. The number of carbonyl (C=O) groups is 1. The Morgan fingerprint density at radius 2 is 1.63 bits per heavy atom. The van der Waals surface area contributed by atoms with Gasteiger partial charge in [-0.15, -0.1) is 0 Å². The Balaban J connectivity index is 2.26. The van der Waals surface area contributed by atoms with E-state index < -0.39 is 23.2 Å². The summed E-state index contributed by atoms with van der Waals surface area (Å²) < 4.78 is 4.87. The molecule has 19 heavy (non-hydrogen) atoms. The Morgan fingerprint density at radius 3 is 2.32 bits per heavy atom. The minimum atomic E-state index is -0.851. The Morgan fingerprint density at radius 1 is 0.895 bits per heavy atom. The average molecular weight is 262 g/mol. The summed E-state index contributed by atoms with van der Waals surface area (Å²) in [5.41, 5.74) is -0.0157. The number of ether oxygens (including phenoxy) is 1. The zero-order valence-electron chi connectivity index (χ0n) is 9.57. The molecule has 0 unspecified atom stereocenters. The van der Waals surface area contributed by atoms with E-state index in [2.05, 4.69) is 0 Å². The second-order valence-corrected chi connectivity index (χ2v) is 3.72. The maximum atomic E-state index is 11.7. The van der Waals surface area contributed by atoms with Gasteiger partial charge in [0.05, 0.1) is 5.56 Å². The van der Waals surface area contributed by atoms with Crippen LogP contribution in [-0.2, 0) is 0 Å². The molecule has 0 heterocycles. The first kappa shape index (κ1) is 12.6. The number of carbonyl (C=O) groups excluding carboxylic acids is 1. The molecule has 0 aromatic heterocycles. The molecular formula is C13H10O6. The highest BCUT2D eigenvalue weighted by atomic mass is 16.5. The summed E-state index contributed by atoms with van der Waals surface area (Å²) in [6.07, 6.45) is 0. The molecule has 98 valence electrons. The van der Waals surface area contributed by atoms with Gasteiger partial charge in [-0.05, 0) is 30.3 Å². The van der Waals surface area contributed by atoms with Gasteiger partial charge in [-0.3, -0.25) is 0 Å². The van der Waals surface area contributed by atoms with Gasteiger partial charge in [0.2, 0.25) is 5.75 Å². The van der Waals surface area contributed by atoms with E-state index in [-0.39, 0.29) is 17.1 Å². The van der Waals surface area contributed by atoms with E-state index in [1.807, 2.05) is 0 Å². The van der Waals surface area contributed by atoms with Crippen LogP contribution in [0.4, 0.5) is 0 Å². The molecule has 0 aliphatic heterocycles. The van der Waals surface area contributed by atoms with E-state index in [1.165, 1.54) is 24.3 Å². The number of benzene rings is 2. The highest BCUT2D eigenvalue weighted by molar-refractivity contribution is 5.92. The van der Waals surface area contributed by atoms with Gasteiger partial charge in [0.15, 0.2) is 23.0 Å². The fourth-order valence-corrected chi connectivity index (χ4v) is 1.40. The van der Waals surface area contributed by atoms with Gasteiger partial charge >= 0.3 is 5.97 Å². The third-order valence-corrected chi connectivity index (χ3v) is 2.39. The van der Waals surface area contributed by atoms with Crippen molar-refractivity contribution in [3.05, 3.63) is 42.0 Å². The lowest BCUT2D eigenvalue weighted by Gasteiger charge is -2.07. The number of rotatable bonds is 2. The quantitative estimate of drug-likeness (QED) is 0.373. The van der Waals surface area contributed by atoms with Crippen molar-refractivity contribution in [3.63, 3.8) is 0 Å². The lowest BCUT2D eigenvalue weighted by Crippen LogP contribution is -2.08. The lowest BCUT2D eigenvalue weighted by atomic mass is 10.2. The van der Waals surface area contributed by atoms with Crippen molar-refractivity contribution in [2.45, 2.75) is 0 Å². The molecular weight excluding hydrogens is 252 g/mol. The molecule has 0 bridgehead atoms. The van der Waals surface area contributed by atoms with E-state index in [4.69, 9.17) is 9.84 Å². The molecule has 0 aliphatic rings. The third-order valence-electron chi connectivity index (χ3n) is 2.39. The molecule has 2 rings (SSSR count). The number of phenolic OH excluding ortho intramolecular Hbond substituents is 4. The van der Waals surface area contributed by atoms with E-state index in [0.29, 0.717) is 0 Å². The first-order valence-electron chi connectivity index (χ1n) is 5.24. The fraction of sp³-hybridized carbons (Fsp3) is 0. The highest BCUT2D eigenvalue weighted by Crippen LogP contribution is 2.35. The minimum Gasteiger partial charge on any atom is -0.504 e. The minimum absolute atomic E-state index is 0.0157. The second kappa shape index (κ2) is 4.77. The van der Waals surface area contributed by atoms with E-state index in [0.717, 1.165) is 12.1 Å². The summed E-state index contributed by atoms with van der Waals surface area (Å²) in [4.78, 5) is 11.7. The number of para-hydroxylation sites is 1. The van der Waals surface area contributed by atoms with Crippen LogP contribution in [0.15, 0.2) is 36.4 Å². The molecule has 2 aromatic rings. The number of aromatic hydroxyl groups is 4. The number of esters is 1. The Labute approximate surface area is 107 Å². The highest BCUT2D eigenvalue weighted by Gasteiger charge is 2.15. The van der Waals surface area contributed by atoms with Gasteiger partial charge in [0, 0.05) is 0 Å². The van der Waals surface area contributed by atoms with Crippen LogP contribution < -0.4 is 4.74 Å².